The van der Waals surface area contributed by atoms with Crippen molar-refractivity contribution in [3.05, 3.63) is 57.2 Å². The molecule has 1 aromatic carbocycles. The van der Waals surface area contributed by atoms with Gasteiger partial charge in [0.1, 0.15) is 6.61 Å². The molecule has 1 aliphatic rings. The molecule has 0 saturated carbocycles. The van der Waals surface area contributed by atoms with Crippen molar-refractivity contribution in [2.75, 3.05) is 11.9 Å². The Morgan fingerprint density at radius 1 is 1.48 bits per heavy atom. The number of anilines is 1. The van der Waals surface area contributed by atoms with E-state index in [2.05, 4.69) is 15.4 Å². The van der Waals surface area contributed by atoms with Gasteiger partial charge < -0.3 is 4.74 Å². The number of aryl methyl sites for hydroxylation is 1. The fraction of sp³-hybridized carbons (Fsp3) is 0.235. The van der Waals surface area contributed by atoms with E-state index in [1.165, 1.54) is 11.3 Å². The molecular weight excluding hydrogens is 360 g/mol. The summed E-state index contributed by atoms with van der Waals surface area (Å²) in [6, 6.07) is 7.61. The number of benzene rings is 1. The van der Waals surface area contributed by atoms with Crippen LogP contribution in [0.2, 0.25) is 5.02 Å². The van der Waals surface area contributed by atoms with Gasteiger partial charge >= 0.3 is 0 Å². The highest BCUT2D eigenvalue weighted by Gasteiger charge is 2.20. The molecule has 1 N–H and O–H groups in total. The summed E-state index contributed by atoms with van der Waals surface area (Å²) in [5, 5.41) is 8.32. The largest absolute Gasteiger partial charge is 0.476 e. The number of ether oxygens (including phenoxy) is 1. The quantitative estimate of drug-likeness (QED) is 0.758. The molecule has 0 unspecified atom stereocenters. The van der Waals surface area contributed by atoms with E-state index < -0.39 is 0 Å². The highest BCUT2D eigenvalue weighted by Crippen LogP contribution is 2.27. The molecule has 0 radical (unpaired) electrons. The Balaban J connectivity index is 1.45. The zero-order valence-electron chi connectivity index (χ0n) is 13.5. The lowest BCUT2D eigenvalue weighted by atomic mass is 10.1. The van der Waals surface area contributed by atoms with Gasteiger partial charge in [-0.2, -0.15) is 5.10 Å². The highest BCUT2D eigenvalue weighted by atomic mass is 35.5. The Hall–Kier alpha value is -2.38. The summed E-state index contributed by atoms with van der Waals surface area (Å²) < 4.78 is 7.05. The topological polar surface area (TPSA) is 69.0 Å². The van der Waals surface area contributed by atoms with Gasteiger partial charge in [0.15, 0.2) is 10.8 Å². The van der Waals surface area contributed by atoms with Gasteiger partial charge in [0, 0.05) is 28.6 Å². The van der Waals surface area contributed by atoms with Gasteiger partial charge in [-0.15, -0.1) is 11.3 Å². The molecule has 0 atom stereocenters. The van der Waals surface area contributed by atoms with Crippen molar-refractivity contribution in [1.82, 2.24) is 14.8 Å². The number of amides is 1. The lowest BCUT2D eigenvalue weighted by Gasteiger charge is -2.04. The van der Waals surface area contributed by atoms with Crippen molar-refractivity contribution in [3.63, 3.8) is 0 Å². The van der Waals surface area contributed by atoms with Gasteiger partial charge in [-0.05, 0) is 18.1 Å². The number of rotatable bonds is 4. The minimum atomic E-state index is -0.292. The van der Waals surface area contributed by atoms with Gasteiger partial charge in [-0.3, -0.25) is 10.1 Å². The molecule has 25 heavy (non-hydrogen) atoms. The third-order valence-electron chi connectivity index (χ3n) is 3.94. The normalized spacial score (nSPS) is 12.7. The number of nitrogens with one attached hydrogen (secondary N) is 1. The first-order chi connectivity index (χ1) is 12.1. The monoisotopic (exact) mass is 374 g/mol. The predicted molar refractivity (Wildman–Crippen MR) is 96.8 cm³/mol. The molecule has 4 rings (SSSR count). The van der Waals surface area contributed by atoms with Gasteiger partial charge in [-0.25, -0.2) is 9.67 Å². The maximum atomic E-state index is 12.3. The summed E-state index contributed by atoms with van der Waals surface area (Å²) in [6.45, 7) is 3.25. The summed E-state index contributed by atoms with van der Waals surface area (Å²) in [5.74, 6) is 0.332. The molecule has 1 aliphatic heterocycles. The first kappa shape index (κ1) is 16.1. The van der Waals surface area contributed by atoms with Crippen LogP contribution in [-0.4, -0.2) is 27.3 Å². The summed E-state index contributed by atoms with van der Waals surface area (Å²) in [6.07, 6.45) is 2.44. The Kier molecular flexibility index (Phi) is 4.19. The molecule has 0 spiro atoms. The third-order valence-corrected chi connectivity index (χ3v) is 5.39. The first-order valence-electron chi connectivity index (χ1n) is 7.81. The first-order valence-corrected chi connectivity index (χ1v) is 9.00. The van der Waals surface area contributed by atoms with Crippen molar-refractivity contribution in [2.45, 2.75) is 19.9 Å². The smallest absolute Gasteiger partial charge is 0.278 e. The fourth-order valence-corrected chi connectivity index (χ4v) is 3.69. The van der Waals surface area contributed by atoms with Crippen LogP contribution in [0.1, 0.15) is 26.5 Å². The van der Waals surface area contributed by atoms with E-state index in [0.29, 0.717) is 36.3 Å². The molecule has 0 saturated heterocycles. The van der Waals surface area contributed by atoms with Crippen molar-refractivity contribution in [1.29, 1.82) is 0 Å². The number of carbonyl (C=O) groups is 1. The van der Waals surface area contributed by atoms with E-state index in [-0.39, 0.29) is 5.91 Å². The van der Waals surface area contributed by atoms with E-state index in [4.69, 9.17) is 16.3 Å². The minimum absolute atomic E-state index is 0.292. The van der Waals surface area contributed by atoms with E-state index >= 15 is 0 Å². The van der Waals surface area contributed by atoms with Crippen molar-refractivity contribution >= 4 is 34.0 Å². The molecule has 0 fully saturated rings. The number of halogens is 1. The van der Waals surface area contributed by atoms with E-state index in [1.807, 2.05) is 25.1 Å². The van der Waals surface area contributed by atoms with Crippen molar-refractivity contribution in [2.24, 2.45) is 0 Å². The van der Waals surface area contributed by atoms with Crippen LogP contribution in [0.5, 0.6) is 5.88 Å². The molecule has 1 amide bonds. The van der Waals surface area contributed by atoms with Crippen molar-refractivity contribution in [3.8, 4) is 5.88 Å². The highest BCUT2D eigenvalue weighted by molar-refractivity contribution is 7.15. The Morgan fingerprint density at radius 2 is 2.36 bits per heavy atom. The molecular formula is C17H15ClN4O2S. The predicted octanol–water partition coefficient (Wildman–Crippen LogP) is 3.54. The minimum Gasteiger partial charge on any atom is -0.476 e. The summed E-state index contributed by atoms with van der Waals surface area (Å²) in [4.78, 5) is 17.6. The SMILES string of the molecule is Cc1cccc(Cc2cnc(NC(=O)c3cc4n(n3)CCO4)s2)c1Cl. The van der Waals surface area contributed by atoms with Crippen LogP contribution in [0.4, 0.5) is 5.13 Å². The number of carbonyl (C=O) groups excluding carboxylic acids is 1. The molecule has 6 nitrogen and oxygen atoms in total. The van der Waals surface area contributed by atoms with E-state index in [9.17, 15) is 4.79 Å². The lowest BCUT2D eigenvalue weighted by molar-refractivity contribution is 0.102. The van der Waals surface area contributed by atoms with E-state index in [0.717, 1.165) is 21.0 Å². The van der Waals surface area contributed by atoms with Crippen LogP contribution in [0.15, 0.2) is 30.5 Å². The number of aromatic nitrogens is 3. The second-order valence-corrected chi connectivity index (χ2v) is 7.24. The maximum absolute atomic E-state index is 12.3. The molecule has 3 heterocycles. The van der Waals surface area contributed by atoms with Gasteiger partial charge in [0.05, 0.1) is 6.54 Å². The van der Waals surface area contributed by atoms with Crippen LogP contribution < -0.4 is 10.1 Å². The molecule has 0 aliphatic carbocycles. The van der Waals surface area contributed by atoms with Crippen LogP contribution in [0, 0.1) is 6.92 Å². The van der Waals surface area contributed by atoms with Gasteiger partial charge in [-0.1, -0.05) is 29.8 Å². The summed E-state index contributed by atoms with van der Waals surface area (Å²) in [5.41, 5.74) is 2.42. The molecule has 3 aromatic rings. The van der Waals surface area contributed by atoms with Crippen LogP contribution in [0.3, 0.4) is 0 Å². The van der Waals surface area contributed by atoms with Gasteiger partial charge in [0.2, 0.25) is 5.88 Å². The van der Waals surface area contributed by atoms with Crippen molar-refractivity contribution < 1.29 is 9.53 Å². The number of nitrogens with zero attached hydrogens (tertiary/aromatic N) is 3. The Labute approximate surface area is 153 Å². The fourth-order valence-electron chi connectivity index (χ4n) is 2.66. The number of hydrogen-bond acceptors (Lipinski definition) is 5. The van der Waals surface area contributed by atoms with E-state index in [1.54, 1.807) is 16.9 Å². The summed E-state index contributed by atoms with van der Waals surface area (Å²) >= 11 is 7.77. The van der Waals surface area contributed by atoms with Gasteiger partial charge in [0.25, 0.3) is 5.91 Å². The molecule has 8 heteroatoms. The summed E-state index contributed by atoms with van der Waals surface area (Å²) in [7, 11) is 0. The number of fused-ring (bicyclic) bond motifs is 1. The van der Waals surface area contributed by atoms with Crippen LogP contribution in [0.25, 0.3) is 0 Å². The average molecular weight is 375 g/mol. The standard InChI is InChI=1S/C17H15ClN4O2S/c1-10-3-2-4-11(15(10)18)7-12-9-19-17(25-12)20-16(23)13-8-14-22(21-13)5-6-24-14/h2-4,8-9H,5-7H2,1H3,(H,19,20,23). The molecule has 2 aromatic heterocycles. The zero-order valence-corrected chi connectivity index (χ0v) is 15.0. The molecule has 0 bridgehead atoms. The van der Waals surface area contributed by atoms with Crippen LogP contribution >= 0.6 is 22.9 Å². The maximum Gasteiger partial charge on any atom is 0.278 e. The lowest BCUT2D eigenvalue weighted by Crippen LogP contribution is -2.13. The third kappa shape index (κ3) is 3.25. The Morgan fingerprint density at radius 3 is 3.20 bits per heavy atom. The number of thiazole rings is 1. The Bertz CT molecular complexity index is 929. The molecule has 128 valence electrons. The zero-order chi connectivity index (χ0) is 17.4. The second kappa shape index (κ2) is 6.50. The second-order valence-electron chi connectivity index (χ2n) is 5.75. The number of hydrogen-bond donors (Lipinski definition) is 1. The van der Waals surface area contributed by atoms with Crippen LogP contribution in [-0.2, 0) is 13.0 Å². The average Bonchev–Trinajstić information content (AvgIpc) is 3.27.